The number of anilines is 1. The molecule has 4 nitrogen and oxygen atoms in total. The quantitative estimate of drug-likeness (QED) is 0.578. The molecule has 1 aliphatic carbocycles. The number of carbonyl (C=O) groups excluding carboxylic acids is 1. The molecular formula is C24H24N2O2. The molecule has 0 spiro atoms. The van der Waals surface area contributed by atoms with E-state index in [1.807, 2.05) is 18.2 Å². The van der Waals surface area contributed by atoms with Crippen LogP contribution < -0.4 is 10.1 Å². The van der Waals surface area contributed by atoms with E-state index < -0.39 is 0 Å². The fourth-order valence-corrected chi connectivity index (χ4v) is 3.85. The highest BCUT2D eigenvalue weighted by atomic mass is 16.5. The second-order valence-electron chi connectivity index (χ2n) is 7.28. The summed E-state index contributed by atoms with van der Waals surface area (Å²) in [5.74, 6) is 2.20. The summed E-state index contributed by atoms with van der Waals surface area (Å²) in [7, 11) is 0. The normalized spacial score (nSPS) is 15.5. The predicted octanol–water partition coefficient (Wildman–Crippen LogP) is 5.53. The van der Waals surface area contributed by atoms with Crippen molar-refractivity contribution in [3.8, 4) is 11.5 Å². The number of carbonyl (C=O) groups is 1. The van der Waals surface area contributed by atoms with E-state index in [9.17, 15) is 4.79 Å². The molecule has 0 aliphatic heterocycles. The monoisotopic (exact) mass is 372 g/mol. The minimum atomic E-state index is 0.413. The minimum Gasteiger partial charge on any atom is -0.457 e. The standard InChI is InChI=1S/C24H24N2O2/c1-17-5-2-3-8-24(17)28-21-9-10-22-18(13-21)6-4-7-19(22)14-26-23-15-25-12-11-20(23)16-27/h2-3,5,8-13,15-16,19,26H,4,6-7,14H2,1H3/t19-/m1/s1. The number of para-hydroxylation sites is 1. The summed E-state index contributed by atoms with van der Waals surface area (Å²) < 4.78 is 6.11. The van der Waals surface area contributed by atoms with Crippen molar-refractivity contribution in [2.75, 3.05) is 11.9 Å². The number of aldehydes is 1. The Bertz CT molecular complexity index is 984. The van der Waals surface area contributed by atoms with Crippen molar-refractivity contribution in [1.82, 2.24) is 4.98 Å². The van der Waals surface area contributed by atoms with E-state index >= 15 is 0 Å². The van der Waals surface area contributed by atoms with Crippen molar-refractivity contribution in [1.29, 1.82) is 0 Å². The molecule has 0 saturated carbocycles. The zero-order chi connectivity index (χ0) is 19.3. The van der Waals surface area contributed by atoms with Crippen LogP contribution >= 0.6 is 0 Å². The second-order valence-corrected chi connectivity index (χ2v) is 7.28. The van der Waals surface area contributed by atoms with Gasteiger partial charge in [0.1, 0.15) is 11.5 Å². The molecule has 1 atom stereocenters. The first-order chi connectivity index (χ1) is 13.7. The molecule has 0 radical (unpaired) electrons. The van der Waals surface area contributed by atoms with Crippen molar-refractivity contribution >= 4 is 12.0 Å². The van der Waals surface area contributed by atoms with Gasteiger partial charge in [-0.05, 0) is 67.1 Å². The zero-order valence-corrected chi connectivity index (χ0v) is 16.0. The Labute approximate surface area is 165 Å². The minimum absolute atomic E-state index is 0.413. The Balaban J connectivity index is 1.50. The number of pyridine rings is 1. The van der Waals surface area contributed by atoms with Crippen LogP contribution in [0.2, 0.25) is 0 Å². The van der Waals surface area contributed by atoms with Crippen molar-refractivity contribution < 1.29 is 9.53 Å². The predicted molar refractivity (Wildman–Crippen MR) is 111 cm³/mol. The highest BCUT2D eigenvalue weighted by Gasteiger charge is 2.21. The number of aromatic nitrogens is 1. The summed E-state index contributed by atoms with van der Waals surface area (Å²) in [5.41, 5.74) is 5.29. The molecule has 3 aromatic rings. The van der Waals surface area contributed by atoms with E-state index in [1.54, 1.807) is 18.5 Å². The Kier molecular flexibility index (Phi) is 5.38. The lowest BCUT2D eigenvalue weighted by atomic mass is 9.82. The van der Waals surface area contributed by atoms with Crippen molar-refractivity contribution in [2.24, 2.45) is 0 Å². The van der Waals surface area contributed by atoms with E-state index in [4.69, 9.17) is 4.74 Å². The summed E-state index contributed by atoms with van der Waals surface area (Å²) >= 11 is 0. The lowest BCUT2D eigenvalue weighted by molar-refractivity contribution is 0.112. The van der Waals surface area contributed by atoms with Gasteiger partial charge >= 0.3 is 0 Å². The summed E-state index contributed by atoms with van der Waals surface area (Å²) in [6.07, 6.45) is 7.58. The van der Waals surface area contributed by atoms with Crippen LogP contribution in [0.15, 0.2) is 60.9 Å². The lowest BCUT2D eigenvalue weighted by Crippen LogP contribution is -2.18. The van der Waals surface area contributed by atoms with Gasteiger partial charge in [-0.1, -0.05) is 24.3 Å². The van der Waals surface area contributed by atoms with E-state index in [-0.39, 0.29) is 0 Å². The third-order valence-corrected chi connectivity index (χ3v) is 5.40. The number of rotatable bonds is 6. The Morgan fingerprint density at radius 2 is 2.11 bits per heavy atom. The molecular weight excluding hydrogens is 348 g/mol. The van der Waals surface area contributed by atoms with Crippen LogP contribution in [0, 0.1) is 6.92 Å². The summed E-state index contributed by atoms with van der Waals surface area (Å²) in [4.78, 5) is 15.3. The maximum atomic E-state index is 11.2. The lowest BCUT2D eigenvalue weighted by Gasteiger charge is -2.27. The Hall–Kier alpha value is -3.14. The molecule has 1 heterocycles. The smallest absolute Gasteiger partial charge is 0.152 e. The van der Waals surface area contributed by atoms with Gasteiger partial charge < -0.3 is 10.1 Å². The van der Waals surface area contributed by atoms with Crippen LogP contribution in [-0.2, 0) is 6.42 Å². The Morgan fingerprint density at radius 1 is 1.21 bits per heavy atom. The van der Waals surface area contributed by atoms with E-state index in [0.717, 1.165) is 54.8 Å². The third-order valence-electron chi connectivity index (χ3n) is 5.40. The van der Waals surface area contributed by atoms with Crippen LogP contribution in [0.5, 0.6) is 11.5 Å². The largest absolute Gasteiger partial charge is 0.457 e. The molecule has 1 aromatic heterocycles. The van der Waals surface area contributed by atoms with Gasteiger partial charge in [0.15, 0.2) is 6.29 Å². The van der Waals surface area contributed by atoms with Gasteiger partial charge in [-0.3, -0.25) is 9.78 Å². The van der Waals surface area contributed by atoms with Gasteiger partial charge in [0, 0.05) is 24.2 Å². The van der Waals surface area contributed by atoms with Gasteiger partial charge in [0.05, 0.1) is 11.9 Å². The van der Waals surface area contributed by atoms with E-state index in [0.29, 0.717) is 11.5 Å². The average Bonchev–Trinajstić information content (AvgIpc) is 2.74. The number of ether oxygens (including phenoxy) is 1. The summed E-state index contributed by atoms with van der Waals surface area (Å²) in [6.45, 7) is 2.85. The van der Waals surface area contributed by atoms with Crippen molar-refractivity contribution in [3.05, 3.63) is 83.2 Å². The van der Waals surface area contributed by atoms with Crippen molar-refractivity contribution in [2.45, 2.75) is 32.1 Å². The fraction of sp³-hybridized carbons (Fsp3) is 0.250. The molecule has 4 rings (SSSR count). The molecule has 0 amide bonds. The van der Waals surface area contributed by atoms with Crippen LogP contribution in [0.3, 0.4) is 0 Å². The number of aryl methyl sites for hydroxylation is 2. The molecule has 2 aromatic carbocycles. The van der Waals surface area contributed by atoms with Gasteiger partial charge in [-0.25, -0.2) is 0 Å². The first-order valence-electron chi connectivity index (χ1n) is 9.74. The molecule has 0 saturated heterocycles. The zero-order valence-electron chi connectivity index (χ0n) is 16.0. The number of nitrogens with zero attached hydrogens (tertiary/aromatic N) is 1. The van der Waals surface area contributed by atoms with Gasteiger partial charge in [-0.15, -0.1) is 0 Å². The van der Waals surface area contributed by atoms with Crippen LogP contribution in [0.4, 0.5) is 5.69 Å². The van der Waals surface area contributed by atoms with Gasteiger partial charge in [0.2, 0.25) is 0 Å². The highest BCUT2D eigenvalue weighted by Crippen LogP contribution is 2.35. The third kappa shape index (κ3) is 3.91. The molecule has 1 N–H and O–H groups in total. The number of hydrogen-bond acceptors (Lipinski definition) is 4. The van der Waals surface area contributed by atoms with Gasteiger partial charge in [0.25, 0.3) is 0 Å². The topological polar surface area (TPSA) is 51.2 Å². The van der Waals surface area contributed by atoms with E-state index in [2.05, 4.69) is 41.5 Å². The SMILES string of the molecule is Cc1ccccc1Oc1ccc2c(c1)CCC[C@@H]2CNc1cnccc1C=O. The Morgan fingerprint density at radius 3 is 2.96 bits per heavy atom. The molecule has 142 valence electrons. The first-order valence-corrected chi connectivity index (χ1v) is 9.74. The molecule has 1 aliphatic rings. The number of benzene rings is 2. The van der Waals surface area contributed by atoms with Crippen LogP contribution in [0.1, 0.15) is 45.8 Å². The maximum Gasteiger partial charge on any atom is 0.152 e. The molecule has 4 heteroatoms. The number of hydrogen-bond donors (Lipinski definition) is 1. The summed E-state index contributed by atoms with van der Waals surface area (Å²) in [5, 5.41) is 3.41. The van der Waals surface area contributed by atoms with Crippen molar-refractivity contribution in [3.63, 3.8) is 0 Å². The average molecular weight is 372 g/mol. The second kappa shape index (κ2) is 8.26. The molecule has 28 heavy (non-hydrogen) atoms. The first kappa shape index (κ1) is 18.2. The van der Waals surface area contributed by atoms with Gasteiger partial charge in [-0.2, -0.15) is 0 Å². The number of nitrogens with one attached hydrogen (secondary N) is 1. The fourth-order valence-electron chi connectivity index (χ4n) is 3.85. The molecule has 0 bridgehead atoms. The summed E-state index contributed by atoms with van der Waals surface area (Å²) in [6, 6.07) is 16.2. The van der Waals surface area contributed by atoms with E-state index in [1.165, 1.54) is 11.1 Å². The molecule has 0 fully saturated rings. The molecule has 0 unspecified atom stereocenters. The number of fused-ring (bicyclic) bond motifs is 1. The van der Waals surface area contributed by atoms with Crippen LogP contribution in [-0.4, -0.2) is 17.8 Å². The van der Waals surface area contributed by atoms with Crippen LogP contribution in [0.25, 0.3) is 0 Å². The maximum absolute atomic E-state index is 11.2. The highest BCUT2D eigenvalue weighted by molar-refractivity contribution is 5.83.